The molecule has 26 heavy (non-hydrogen) atoms. The minimum absolute atomic E-state index is 0.162. The fourth-order valence-corrected chi connectivity index (χ4v) is 5.15. The highest BCUT2D eigenvalue weighted by Gasteiger charge is 2.32. The maximum absolute atomic E-state index is 11.4. The summed E-state index contributed by atoms with van der Waals surface area (Å²) in [7, 11) is -10.0. The molecule has 11 nitrogen and oxygen atoms in total. The van der Waals surface area contributed by atoms with Gasteiger partial charge in [-0.25, -0.2) is 19.1 Å². The van der Waals surface area contributed by atoms with Crippen molar-refractivity contribution >= 4 is 45.0 Å². The predicted molar refractivity (Wildman–Crippen MR) is 96.6 cm³/mol. The maximum atomic E-state index is 11.4. The van der Waals surface area contributed by atoms with E-state index >= 15 is 0 Å². The first kappa shape index (κ1) is 21.3. The quantitative estimate of drug-likeness (QED) is 0.365. The van der Waals surface area contributed by atoms with E-state index in [9.17, 15) is 14.0 Å². The van der Waals surface area contributed by atoms with Crippen molar-refractivity contribution in [1.29, 1.82) is 0 Å². The molecule has 0 fully saturated rings. The summed E-state index contributed by atoms with van der Waals surface area (Å²) in [6.07, 6.45) is 1.71. The zero-order valence-corrected chi connectivity index (χ0v) is 17.0. The van der Waals surface area contributed by atoms with Crippen LogP contribution in [0, 0.1) is 17.8 Å². The molecular formula is C11H16N4O7P2S2. The first-order valence-corrected chi connectivity index (χ1v) is 11.2. The number of hydrogen-bond donors (Lipinski definition) is 4. The molecule has 0 saturated heterocycles. The number of thiazole rings is 1. The highest BCUT2D eigenvalue weighted by atomic mass is 32.1. The second-order valence-corrected chi connectivity index (χ2v) is 9.58. The van der Waals surface area contributed by atoms with Crippen LogP contribution < -0.4 is 5.73 Å². The van der Waals surface area contributed by atoms with Gasteiger partial charge in [0, 0.05) is 17.0 Å². The van der Waals surface area contributed by atoms with E-state index in [1.807, 2.05) is 0 Å². The van der Waals surface area contributed by atoms with Crippen LogP contribution in [0.25, 0.3) is 5.69 Å². The Balaban J connectivity index is 2.17. The Kier molecular flexibility index (Phi) is 6.49. The van der Waals surface area contributed by atoms with Crippen molar-refractivity contribution in [1.82, 2.24) is 14.5 Å². The number of nitrogen functional groups attached to an aromatic ring is 1. The Morgan fingerprint density at radius 2 is 2.00 bits per heavy atom. The van der Waals surface area contributed by atoms with Gasteiger partial charge in [-0.2, -0.15) is 4.31 Å². The van der Waals surface area contributed by atoms with Crippen LogP contribution in [0.3, 0.4) is 0 Å². The molecule has 2 aromatic rings. The number of nitrogens with two attached hydrogens (primary N) is 1. The molecule has 2 rings (SSSR count). The third-order valence-electron chi connectivity index (χ3n) is 3.08. The Bertz CT molecular complexity index is 970. The highest BCUT2D eigenvalue weighted by Crippen LogP contribution is 2.57. The Hall–Kier alpha value is -1.01. The summed E-state index contributed by atoms with van der Waals surface area (Å²) in [5, 5.41) is 0. The summed E-state index contributed by atoms with van der Waals surface area (Å²) >= 11 is 6.56. The van der Waals surface area contributed by atoms with Crippen molar-refractivity contribution < 1.29 is 32.6 Å². The third-order valence-corrected chi connectivity index (χ3v) is 6.81. The molecule has 0 bridgehead atoms. The van der Waals surface area contributed by atoms with E-state index in [4.69, 9.17) is 27.7 Å². The minimum Gasteiger partial charge on any atom is -0.382 e. The zero-order valence-electron chi connectivity index (χ0n) is 13.6. The molecule has 144 valence electrons. The first-order valence-electron chi connectivity index (χ1n) is 6.94. The summed E-state index contributed by atoms with van der Waals surface area (Å²) in [5.74, 6) is 0.773. The van der Waals surface area contributed by atoms with Crippen molar-refractivity contribution in [2.45, 2.75) is 20.3 Å². The van der Waals surface area contributed by atoms with Crippen molar-refractivity contribution in [3.8, 4) is 5.69 Å². The van der Waals surface area contributed by atoms with Gasteiger partial charge in [-0.05, 0) is 26.1 Å². The Morgan fingerprint density at radius 3 is 2.58 bits per heavy atom. The van der Waals surface area contributed by atoms with E-state index in [1.54, 1.807) is 24.6 Å². The molecule has 2 aromatic heterocycles. The maximum Gasteiger partial charge on any atom is 0.481 e. The van der Waals surface area contributed by atoms with E-state index in [1.165, 1.54) is 11.3 Å². The standard InChI is InChI=1S/C11H16N4O7P2S2/c1-6-9(3-4-21-24(19,20)22-23(16,17)18)26-11(25)15(6)8-5-13-7(2)14-10(8)12/h5H,3-4H2,1-2H3,(H,19,20)(H2,12,13,14)(H2,16,17,18). The number of anilines is 1. The van der Waals surface area contributed by atoms with Crippen LogP contribution in [0.4, 0.5) is 5.82 Å². The lowest BCUT2D eigenvalue weighted by Gasteiger charge is -2.12. The van der Waals surface area contributed by atoms with Crippen molar-refractivity contribution in [2.75, 3.05) is 12.3 Å². The molecule has 1 unspecified atom stereocenters. The normalized spacial score (nSPS) is 14.3. The SMILES string of the molecule is Cc1ncc(-n2c(C)c(CCOP(=O)(O)OP(=O)(O)O)sc2=S)c(N)n1. The highest BCUT2D eigenvalue weighted by molar-refractivity contribution is 7.73. The molecule has 0 aliphatic carbocycles. The summed E-state index contributed by atoms with van der Waals surface area (Å²) in [6, 6.07) is 0. The summed E-state index contributed by atoms with van der Waals surface area (Å²) in [6.45, 7) is 3.16. The van der Waals surface area contributed by atoms with E-state index < -0.39 is 15.6 Å². The molecular weight excluding hydrogens is 426 g/mol. The van der Waals surface area contributed by atoms with Crippen molar-refractivity contribution in [3.63, 3.8) is 0 Å². The van der Waals surface area contributed by atoms with Crippen molar-refractivity contribution in [2.24, 2.45) is 0 Å². The van der Waals surface area contributed by atoms with Gasteiger partial charge >= 0.3 is 15.6 Å². The molecule has 2 heterocycles. The van der Waals surface area contributed by atoms with Crippen LogP contribution in [-0.2, 0) is 24.4 Å². The average Bonchev–Trinajstić information content (AvgIpc) is 2.72. The van der Waals surface area contributed by atoms with Crippen LogP contribution in [0.1, 0.15) is 16.4 Å². The van der Waals surface area contributed by atoms with Gasteiger partial charge in [0.25, 0.3) is 0 Å². The predicted octanol–water partition coefficient (Wildman–Crippen LogP) is 2.03. The van der Waals surface area contributed by atoms with E-state index in [2.05, 4.69) is 18.8 Å². The zero-order chi connectivity index (χ0) is 19.7. The van der Waals surface area contributed by atoms with Gasteiger partial charge in [-0.3, -0.25) is 9.09 Å². The van der Waals surface area contributed by atoms with E-state index in [0.29, 0.717) is 21.2 Å². The molecule has 0 spiro atoms. The number of aromatic nitrogens is 3. The monoisotopic (exact) mass is 442 g/mol. The van der Waals surface area contributed by atoms with Gasteiger partial charge in [-0.1, -0.05) is 0 Å². The van der Waals surface area contributed by atoms with Crippen LogP contribution in [0.5, 0.6) is 0 Å². The number of phosphoric acid groups is 2. The smallest absolute Gasteiger partial charge is 0.382 e. The summed E-state index contributed by atoms with van der Waals surface area (Å²) in [5.41, 5.74) is 7.15. The number of hydrogen-bond acceptors (Lipinski definition) is 9. The number of aryl methyl sites for hydroxylation is 1. The van der Waals surface area contributed by atoms with Crippen LogP contribution in [-0.4, -0.2) is 35.8 Å². The average molecular weight is 442 g/mol. The van der Waals surface area contributed by atoms with E-state index in [-0.39, 0.29) is 18.8 Å². The molecule has 1 atom stereocenters. The summed E-state index contributed by atoms with van der Waals surface area (Å²) < 4.78 is 32.5. The molecule has 0 radical (unpaired) electrons. The number of rotatable bonds is 7. The van der Waals surface area contributed by atoms with Crippen LogP contribution >= 0.6 is 39.2 Å². The second-order valence-electron chi connectivity index (χ2n) is 5.02. The van der Waals surface area contributed by atoms with Crippen LogP contribution in [0.2, 0.25) is 0 Å². The summed E-state index contributed by atoms with van der Waals surface area (Å²) in [4.78, 5) is 35.3. The first-order chi connectivity index (χ1) is 11.9. The van der Waals surface area contributed by atoms with Gasteiger partial charge in [-0.15, -0.1) is 11.3 Å². The fourth-order valence-electron chi connectivity index (χ4n) is 2.06. The second kappa shape index (κ2) is 7.93. The molecule has 0 amide bonds. The van der Waals surface area contributed by atoms with Crippen LogP contribution in [0.15, 0.2) is 6.20 Å². The van der Waals surface area contributed by atoms with Gasteiger partial charge < -0.3 is 20.4 Å². The third kappa shape index (κ3) is 5.49. The molecule has 0 saturated carbocycles. The van der Waals surface area contributed by atoms with Crippen molar-refractivity contribution in [3.05, 3.63) is 26.5 Å². The molecule has 5 N–H and O–H groups in total. The molecule has 0 aliphatic heterocycles. The fraction of sp³-hybridized carbons (Fsp3) is 0.364. The lowest BCUT2D eigenvalue weighted by molar-refractivity contribution is 0.180. The molecule has 0 aromatic carbocycles. The van der Waals surface area contributed by atoms with Gasteiger partial charge in [0.1, 0.15) is 11.5 Å². The largest absolute Gasteiger partial charge is 0.481 e. The van der Waals surface area contributed by atoms with E-state index in [0.717, 1.165) is 4.88 Å². The molecule has 15 heteroatoms. The lowest BCUT2D eigenvalue weighted by atomic mass is 10.3. The number of phosphoric ester groups is 1. The van der Waals surface area contributed by atoms with Gasteiger partial charge in [0.05, 0.1) is 12.8 Å². The van der Waals surface area contributed by atoms with Gasteiger partial charge in [0.2, 0.25) is 0 Å². The Labute approximate surface area is 157 Å². The minimum atomic E-state index is -5.15. The lowest BCUT2D eigenvalue weighted by Crippen LogP contribution is -2.07. The topological polar surface area (TPSA) is 170 Å². The molecule has 0 aliphatic rings. The van der Waals surface area contributed by atoms with Gasteiger partial charge in [0.15, 0.2) is 9.77 Å². The Morgan fingerprint density at radius 1 is 1.35 bits per heavy atom. The number of nitrogens with zero attached hydrogens (tertiary/aromatic N) is 3.